The number of pyridine rings is 1. The number of aryl methyl sites for hydroxylation is 1. The number of rotatable bonds is 6. The quantitative estimate of drug-likeness (QED) is 0.816. The van der Waals surface area contributed by atoms with Crippen LogP contribution in [-0.4, -0.2) is 36.0 Å². The third-order valence-electron chi connectivity index (χ3n) is 4.87. The summed E-state index contributed by atoms with van der Waals surface area (Å²) in [4.78, 5) is 19.1. The predicted octanol–water partition coefficient (Wildman–Crippen LogP) is 4.50. The normalized spacial score (nSPS) is 16.6. The van der Waals surface area contributed by atoms with Crippen LogP contribution < -0.4 is 10.1 Å². The highest BCUT2D eigenvalue weighted by Gasteiger charge is 2.28. The van der Waals surface area contributed by atoms with Crippen LogP contribution in [0.1, 0.15) is 44.0 Å². The van der Waals surface area contributed by atoms with Crippen molar-refractivity contribution in [3.63, 3.8) is 0 Å². The average molecular weight is 367 g/mol. The van der Waals surface area contributed by atoms with Crippen molar-refractivity contribution in [1.29, 1.82) is 0 Å². The van der Waals surface area contributed by atoms with E-state index in [1.807, 2.05) is 42.2 Å². The zero-order valence-corrected chi connectivity index (χ0v) is 16.7. The highest BCUT2D eigenvalue weighted by molar-refractivity contribution is 5.76. The number of anilines is 2. The maximum atomic E-state index is 12.3. The van der Waals surface area contributed by atoms with Crippen LogP contribution in [0, 0.1) is 12.8 Å². The van der Waals surface area contributed by atoms with Crippen molar-refractivity contribution in [3.05, 3.63) is 47.8 Å². The van der Waals surface area contributed by atoms with Crippen LogP contribution in [0.3, 0.4) is 0 Å². The molecule has 1 N–H and O–H groups in total. The molecule has 2 aromatic rings. The molecule has 3 rings (SSSR count). The van der Waals surface area contributed by atoms with Crippen molar-refractivity contribution in [3.8, 4) is 5.75 Å². The molecule has 144 valence electrons. The van der Waals surface area contributed by atoms with Crippen LogP contribution in [0.4, 0.5) is 11.4 Å². The van der Waals surface area contributed by atoms with E-state index in [2.05, 4.69) is 25.2 Å². The van der Waals surface area contributed by atoms with Crippen molar-refractivity contribution in [2.45, 2.75) is 39.5 Å². The maximum Gasteiger partial charge on any atom is 0.222 e. The third-order valence-corrected chi connectivity index (χ3v) is 4.87. The van der Waals surface area contributed by atoms with Crippen LogP contribution in [-0.2, 0) is 4.79 Å². The van der Waals surface area contributed by atoms with Gasteiger partial charge in [0.2, 0.25) is 5.91 Å². The van der Waals surface area contributed by atoms with Crippen LogP contribution >= 0.6 is 0 Å². The minimum Gasteiger partial charge on any atom is -0.497 e. The van der Waals surface area contributed by atoms with Gasteiger partial charge in [0.25, 0.3) is 0 Å². The van der Waals surface area contributed by atoms with E-state index in [4.69, 9.17) is 9.72 Å². The lowest BCUT2D eigenvalue weighted by molar-refractivity contribution is -0.130. The Hall–Kier alpha value is -2.56. The number of methoxy groups -OCH3 is 1. The molecule has 0 spiro atoms. The lowest BCUT2D eigenvalue weighted by Crippen LogP contribution is -2.29. The molecule has 0 radical (unpaired) electrons. The Kier molecular flexibility index (Phi) is 5.99. The minimum atomic E-state index is 0.259. The fourth-order valence-corrected chi connectivity index (χ4v) is 3.55. The van der Waals surface area contributed by atoms with Crippen LogP contribution in [0.2, 0.25) is 0 Å². The zero-order chi connectivity index (χ0) is 19.4. The van der Waals surface area contributed by atoms with E-state index in [0.29, 0.717) is 18.3 Å². The van der Waals surface area contributed by atoms with Gasteiger partial charge in [-0.2, -0.15) is 0 Å². The fourth-order valence-electron chi connectivity index (χ4n) is 3.55. The number of ether oxygens (including phenoxy) is 1. The van der Waals surface area contributed by atoms with E-state index in [9.17, 15) is 4.79 Å². The first-order valence-corrected chi connectivity index (χ1v) is 9.62. The smallest absolute Gasteiger partial charge is 0.222 e. The summed E-state index contributed by atoms with van der Waals surface area (Å²) in [5.41, 5.74) is 4.02. The van der Waals surface area contributed by atoms with Gasteiger partial charge in [0, 0.05) is 54.3 Å². The van der Waals surface area contributed by atoms with E-state index in [0.717, 1.165) is 48.0 Å². The van der Waals surface area contributed by atoms with E-state index >= 15 is 0 Å². The Labute approximate surface area is 161 Å². The lowest BCUT2D eigenvalue weighted by Gasteiger charge is -2.18. The maximum absolute atomic E-state index is 12.3. The van der Waals surface area contributed by atoms with Crippen molar-refractivity contribution in [2.75, 3.05) is 25.5 Å². The van der Waals surface area contributed by atoms with Crippen molar-refractivity contribution < 1.29 is 9.53 Å². The van der Waals surface area contributed by atoms with Crippen LogP contribution in [0.5, 0.6) is 5.75 Å². The second-order valence-corrected chi connectivity index (χ2v) is 7.70. The molecule has 27 heavy (non-hydrogen) atoms. The summed E-state index contributed by atoms with van der Waals surface area (Å²) in [7, 11) is 1.67. The summed E-state index contributed by atoms with van der Waals surface area (Å²) in [5.74, 6) is 1.77. The molecule has 0 unspecified atom stereocenters. The number of hydrogen-bond acceptors (Lipinski definition) is 4. The molecule has 1 aliphatic rings. The molecular weight excluding hydrogens is 338 g/mol. The molecule has 1 aliphatic heterocycles. The second kappa shape index (κ2) is 8.42. The summed E-state index contributed by atoms with van der Waals surface area (Å²) in [6.45, 7) is 7.77. The van der Waals surface area contributed by atoms with E-state index in [1.54, 1.807) is 7.11 Å². The molecule has 0 saturated carbocycles. The molecule has 1 fully saturated rings. The van der Waals surface area contributed by atoms with Crippen molar-refractivity contribution in [1.82, 2.24) is 9.88 Å². The molecule has 1 aromatic carbocycles. The number of aromatic nitrogens is 1. The Balaban J connectivity index is 1.73. The fraction of sp³-hybridized carbons (Fsp3) is 0.455. The van der Waals surface area contributed by atoms with Gasteiger partial charge in [-0.25, -0.2) is 0 Å². The second-order valence-electron chi connectivity index (χ2n) is 7.70. The average Bonchev–Trinajstić information content (AvgIpc) is 3.11. The number of nitrogens with one attached hydrogen (secondary N) is 1. The van der Waals surface area contributed by atoms with Gasteiger partial charge in [0.05, 0.1) is 7.11 Å². The van der Waals surface area contributed by atoms with E-state index in [1.165, 1.54) is 0 Å². The topological polar surface area (TPSA) is 54.5 Å². The molecule has 1 saturated heterocycles. The van der Waals surface area contributed by atoms with Gasteiger partial charge < -0.3 is 15.0 Å². The van der Waals surface area contributed by atoms with E-state index in [-0.39, 0.29) is 5.91 Å². The first kappa shape index (κ1) is 19.2. The number of nitrogens with zero attached hydrogens (tertiary/aromatic N) is 2. The van der Waals surface area contributed by atoms with Gasteiger partial charge in [-0.15, -0.1) is 0 Å². The summed E-state index contributed by atoms with van der Waals surface area (Å²) < 4.78 is 5.29. The van der Waals surface area contributed by atoms with Gasteiger partial charge >= 0.3 is 0 Å². The predicted molar refractivity (Wildman–Crippen MR) is 109 cm³/mol. The number of likely N-dealkylation sites (tertiary alicyclic amines) is 1. The number of carbonyl (C=O) groups is 1. The lowest BCUT2D eigenvalue weighted by atomic mass is 10.0. The molecule has 1 amide bonds. The third kappa shape index (κ3) is 5.00. The molecule has 1 aromatic heterocycles. The monoisotopic (exact) mass is 367 g/mol. The molecule has 0 bridgehead atoms. The van der Waals surface area contributed by atoms with Gasteiger partial charge in [-0.1, -0.05) is 19.9 Å². The van der Waals surface area contributed by atoms with Gasteiger partial charge in [-0.3, -0.25) is 9.78 Å². The number of benzene rings is 1. The summed E-state index contributed by atoms with van der Waals surface area (Å²) in [6, 6.07) is 12.0. The Morgan fingerprint density at radius 3 is 2.85 bits per heavy atom. The molecule has 1 atom stereocenters. The van der Waals surface area contributed by atoms with Crippen molar-refractivity contribution in [2.24, 2.45) is 5.92 Å². The molecule has 5 nitrogen and oxygen atoms in total. The molecule has 0 aliphatic carbocycles. The van der Waals surface area contributed by atoms with Gasteiger partial charge in [0.1, 0.15) is 5.75 Å². The molecule has 2 heterocycles. The van der Waals surface area contributed by atoms with Gasteiger partial charge in [0.15, 0.2) is 0 Å². The molecular formula is C22H29N3O2. The number of carbonyl (C=O) groups excluding carboxylic acids is 1. The van der Waals surface area contributed by atoms with Crippen molar-refractivity contribution >= 4 is 17.3 Å². The Bertz CT molecular complexity index is 804. The first-order chi connectivity index (χ1) is 12.9. The number of hydrogen-bond donors (Lipinski definition) is 1. The Morgan fingerprint density at radius 2 is 2.11 bits per heavy atom. The number of amides is 1. The highest BCUT2D eigenvalue weighted by Crippen LogP contribution is 2.30. The SMILES string of the molecule is COc1cccc(Nc2cc(C)nc([C@H]3CCN(C(=O)CC(C)C)C3)c2)c1. The van der Waals surface area contributed by atoms with Crippen LogP contribution in [0.25, 0.3) is 0 Å². The summed E-state index contributed by atoms with van der Waals surface area (Å²) >= 11 is 0. The van der Waals surface area contributed by atoms with E-state index < -0.39 is 0 Å². The minimum absolute atomic E-state index is 0.259. The van der Waals surface area contributed by atoms with Gasteiger partial charge in [-0.05, 0) is 43.5 Å². The van der Waals surface area contributed by atoms with Crippen LogP contribution in [0.15, 0.2) is 36.4 Å². The Morgan fingerprint density at radius 1 is 1.30 bits per heavy atom. The summed E-state index contributed by atoms with van der Waals surface area (Å²) in [6.07, 6.45) is 1.59. The zero-order valence-electron chi connectivity index (χ0n) is 16.7. The highest BCUT2D eigenvalue weighted by atomic mass is 16.5. The first-order valence-electron chi connectivity index (χ1n) is 9.62. The summed E-state index contributed by atoms with van der Waals surface area (Å²) in [5, 5.41) is 3.44. The standard InChI is InChI=1S/C22H29N3O2/c1-15(2)10-22(26)25-9-8-17(14-25)21-13-19(11-16(3)23-21)24-18-6-5-7-20(12-18)27-4/h5-7,11-13,15,17H,8-10,14H2,1-4H3,(H,23,24)/t17-/m0/s1. The largest absolute Gasteiger partial charge is 0.497 e. The molecule has 5 heteroatoms.